The van der Waals surface area contributed by atoms with E-state index in [1.807, 2.05) is 0 Å². The number of piperidine rings is 1. The Morgan fingerprint density at radius 1 is 1.36 bits per heavy atom. The smallest absolute Gasteiger partial charge is 0.278 e. The van der Waals surface area contributed by atoms with Crippen LogP contribution in [0.15, 0.2) is 0 Å². The van der Waals surface area contributed by atoms with Gasteiger partial charge in [-0.25, -0.2) is 0 Å². The van der Waals surface area contributed by atoms with Gasteiger partial charge in [-0.2, -0.15) is 8.42 Å². The Kier molecular flexibility index (Phi) is 2.86. The van der Waals surface area contributed by atoms with Crippen molar-refractivity contribution < 1.29 is 13.0 Å². The quantitative estimate of drug-likeness (QED) is 0.611. The van der Waals surface area contributed by atoms with Crippen molar-refractivity contribution >= 4 is 10.1 Å². The van der Waals surface area contributed by atoms with E-state index in [4.69, 9.17) is 4.55 Å². The van der Waals surface area contributed by atoms with Crippen molar-refractivity contribution in [1.29, 1.82) is 0 Å². The highest BCUT2D eigenvalue weighted by Crippen LogP contribution is 2.07. The molecule has 0 atom stereocenters. The Hall–Kier alpha value is -0.130. The van der Waals surface area contributed by atoms with E-state index in [0.717, 1.165) is 25.9 Å². The molecule has 0 bridgehead atoms. The molecule has 1 N–H and O–H groups in total. The molecule has 11 heavy (non-hydrogen) atoms. The Balaban J connectivity index is 2.36. The van der Waals surface area contributed by atoms with Gasteiger partial charge in [0.2, 0.25) is 0 Å². The van der Waals surface area contributed by atoms with Gasteiger partial charge in [-0.1, -0.05) is 0 Å². The van der Waals surface area contributed by atoms with E-state index in [-0.39, 0.29) is 5.88 Å². The van der Waals surface area contributed by atoms with Crippen LogP contribution >= 0.6 is 0 Å². The highest BCUT2D eigenvalue weighted by atomic mass is 32.2. The number of likely N-dealkylation sites (tertiary alicyclic amines) is 1. The van der Waals surface area contributed by atoms with Gasteiger partial charge < -0.3 is 0 Å². The summed E-state index contributed by atoms with van der Waals surface area (Å²) in [5.74, 6) is -0.221. The fraction of sp³-hybridized carbons (Fsp3) is 0.833. The molecule has 65 valence electrons. The zero-order valence-electron chi connectivity index (χ0n) is 6.23. The first-order chi connectivity index (χ1) is 5.08. The minimum atomic E-state index is -3.81. The van der Waals surface area contributed by atoms with Crippen LogP contribution in [-0.2, 0) is 10.1 Å². The average molecular weight is 178 g/mol. The highest BCUT2D eigenvalue weighted by Gasteiger charge is 2.15. The van der Waals surface area contributed by atoms with Gasteiger partial charge in [-0.15, -0.1) is 0 Å². The third kappa shape index (κ3) is 3.69. The monoisotopic (exact) mass is 178 g/mol. The maximum absolute atomic E-state index is 10.4. The summed E-state index contributed by atoms with van der Waals surface area (Å²) in [6.45, 7) is 1.47. The number of rotatable bonds is 2. The number of hydrogen-bond acceptors (Lipinski definition) is 3. The van der Waals surface area contributed by atoms with E-state index in [0.29, 0.717) is 0 Å². The van der Waals surface area contributed by atoms with Crippen molar-refractivity contribution in [2.75, 3.05) is 19.0 Å². The summed E-state index contributed by atoms with van der Waals surface area (Å²) in [4.78, 5) is 1.73. The predicted molar refractivity (Wildman–Crippen MR) is 41.5 cm³/mol. The van der Waals surface area contributed by atoms with Crippen molar-refractivity contribution in [2.24, 2.45) is 0 Å². The Morgan fingerprint density at radius 2 is 1.91 bits per heavy atom. The summed E-state index contributed by atoms with van der Waals surface area (Å²) in [7, 11) is -3.81. The standard InChI is InChI=1S/C6H12NO3S/c8-11(9,10)6-7-4-2-1-3-5-7/h1H,2-6H2,(H,8,9,10). The molecule has 0 amide bonds. The molecule has 0 spiro atoms. The molecule has 0 unspecified atom stereocenters. The lowest BCUT2D eigenvalue weighted by Crippen LogP contribution is -2.34. The van der Waals surface area contributed by atoms with Gasteiger partial charge in [0.05, 0.1) is 0 Å². The largest absolute Gasteiger partial charge is 0.288 e. The van der Waals surface area contributed by atoms with Crippen LogP contribution in [0.4, 0.5) is 0 Å². The third-order valence-corrected chi connectivity index (χ3v) is 2.34. The van der Waals surface area contributed by atoms with E-state index >= 15 is 0 Å². The SMILES string of the molecule is O=S(=O)(O)CN1CC[CH]CC1. The molecule has 0 aliphatic carbocycles. The molecular formula is C6H12NO3S. The summed E-state index contributed by atoms with van der Waals surface area (Å²) < 4.78 is 29.3. The molecule has 1 rings (SSSR count). The van der Waals surface area contributed by atoms with Crippen molar-refractivity contribution in [3.8, 4) is 0 Å². The lowest BCUT2D eigenvalue weighted by atomic mass is 10.1. The second kappa shape index (κ2) is 3.51. The molecule has 1 saturated heterocycles. The van der Waals surface area contributed by atoms with E-state index < -0.39 is 10.1 Å². The second-order valence-electron chi connectivity index (χ2n) is 2.70. The summed E-state index contributed by atoms with van der Waals surface area (Å²) in [5, 5.41) is 0. The molecule has 1 radical (unpaired) electrons. The predicted octanol–water partition coefficient (Wildman–Crippen LogP) is 0.132. The first-order valence-electron chi connectivity index (χ1n) is 3.57. The van der Waals surface area contributed by atoms with Crippen LogP contribution in [0.25, 0.3) is 0 Å². The van der Waals surface area contributed by atoms with Crippen LogP contribution in [0.1, 0.15) is 12.8 Å². The Bertz CT molecular complexity index is 206. The zero-order valence-corrected chi connectivity index (χ0v) is 7.05. The van der Waals surface area contributed by atoms with Gasteiger partial charge in [-0.05, 0) is 32.4 Å². The molecule has 1 aliphatic rings. The van der Waals surface area contributed by atoms with Gasteiger partial charge in [0.15, 0.2) is 0 Å². The van der Waals surface area contributed by atoms with Crippen molar-refractivity contribution in [3.63, 3.8) is 0 Å². The van der Waals surface area contributed by atoms with Crippen LogP contribution in [0.3, 0.4) is 0 Å². The Labute approximate surface area is 66.9 Å². The number of nitrogens with zero attached hydrogens (tertiary/aromatic N) is 1. The van der Waals surface area contributed by atoms with Gasteiger partial charge >= 0.3 is 0 Å². The molecular weight excluding hydrogens is 166 g/mol. The summed E-state index contributed by atoms with van der Waals surface area (Å²) in [6.07, 6.45) is 3.95. The summed E-state index contributed by atoms with van der Waals surface area (Å²) >= 11 is 0. The topological polar surface area (TPSA) is 57.6 Å². The van der Waals surface area contributed by atoms with Crippen LogP contribution in [0.5, 0.6) is 0 Å². The summed E-state index contributed by atoms with van der Waals surface area (Å²) in [5.41, 5.74) is 0. The van der Waals surface area contributed by atoms with Gasteiger partial charge in [0, 0.05) is 0 Å². The lowest BCUT2D eigenvalue weighted by Gasteiger charge is -2.24. The molecule has 0 aromatic rings. The second-order valence-corrected chi connectivity index (χ2v) is 4.12. The lowest BCUT2D eigenvalue weighted by molar-refractivity contribution is 0.282. The molecule has 5 heteroatoms. The molecule has 0 aromatic heterocycles. The maximum atomic E-state index is 10.4. The molecule has 0 saturated carbocycles. The van der Waals surface area contributed by atoms with E-state index in [1.165, 1.54) is 0 Å². The first kappa shape index (κ1) is 8.96. The Morgan fingerprint density at radius 3 is 2.36 bits per heavy atom. The first-order valence-corrected chi connectivity index (χ1v) is 5.18. The fourth-order valence-electron chi connectivity index (χ4n) is 1.16. The van der Waals surface area contributed by atoms with E-state index in [1.54, 1.807) is 4.90 Å². The van der Waals surface area contributed by atoms with Gasteiger partial charge in [-0.3, -0.25) is 9.45 Å². The van der Waals surface area contributed by atoms with Crippen LogP contribution < -0.4 is 0 Å². The van der Waals surface area contributed by atoms with Crippen molar-refractivity contribution in [2.45, 2.75) is 12.8 Å². The number of hydrogen-bond donors (Lipinski definition) is 1. The highest BCUT2D eigenvalue weighted by molar-refractivity contribution is 7.85. The van der Waals surface area contributed by atoms with Gasteiger partial charge in [0.1, 0.15) is 5.88 Å². The molecule has 1 fully saturated rings. The van der Waals surface area contributed by atoms with Crippen molar-refractivity contribution in [1.82, 2.24) is 4.90 Å². The average Bonchev–Trinajstić information content (AvgIpc) is 1.85. The molecule has 4 nitrogen and oxygen atoms in total. The summed E-state index contributed by atoms with van der Waals surface area (Å²) in [6, 6.07) is 0. The maximum Gasteiger partial charge on any atom is 0.278 e. The zero-order chi connectivity index (χ0) is 8.32. The minimum Gasteiger partial charge on any atom is -0.288 e. The molecule has 1 heterocycles. The van der Waals surface area contributed by atoms with Crippen molar-refractivity contribution in [3.05, 3.63) is 6.42 Å². The minimum absolute atomic E-state index is 0.221. The van der Waals surface area contributed by atoms with Crippen LogP contribution in [0.2, 0.25) is 0 Å². The molecule has 1 aliphatic heterocycles. The normalized spacial score (nSPS) is 21.9. The fourth-order valence-corrected chi connectivity index (χ4v) is 1.88. The van der Waals surface area contributed by atoms with E-state index in [2.05, 4.69) is 6.42 Å². The van der Waals surface area contributed by atoms with Crippen LogP contribution in [-0.4, -0.2) is 36.8 Å². The van der Waals surface area contributed by atoms with E-state index in [9.17, 15) is 8.42 Å². The van der Waals surface area contributed by atoms with Crippen LogP contribution in [0, 0.1) is 6.42 Å². The third-order valence-electron chi connectivity index (χ3n) is 1.64. The van der Waals surface area contributed by atoms with Gasteiger partial charge in [0.25, 0.3) is 10.1 Å². The molecule has 0 aromatic carbocycles.